The van der Waals surface area contributed by atoms with E-state index in [1.807, 2.05) is 6.92 Å². The van der Waals surface area contributed by atoms with Crippen LogP contribution in [0.1, 0.15) is 18.5 Å². The third-order valence-electron chi connectivity index (χ3n) is 2.72. The normalized spacial score (nSPS) is 12.2. The predicted octanol–water partition coefficient (Wildman–Crippen LogP) is 3.84. The lowest BCUT2D eigenvalue weighted by Crippen LogP contribution is -2.08. The number of halogens is 2. The van der Waals surface area contributed by atoms with Crippen LogP contribution in [0.4, 0.5) is 14.5 Å². The van der Waals surface area contributed by atoms with Crippen LogP contribution in [0.2, 0.25) is 0 Å². The van der Waals surface area contributed by atoms with Gasteiger partial charge in [-0.25, -0.2) is 8.78 Å². The van der Waals surface area contributed by atoms with Gasteiger partial charge in [-0.3, -0.25) is 0 Å². The number of phenols is 1. The first-order valence-corrected chi connectivity index (χ1v) is 5.57. The Morgan fingerprint density at radius 3 is 2.39 bits per heavy atom. The van der Waals surface area contributed by atoms with E-state index in [2.05, 4.69) is 5.32 Å². The van der Waals surface area contributed by atoms with Crippen LogP contribution in [0.5, 0.6) is 5.75 Å². The first-order valence-electron chi connectivity index (χ1n) is 5.57. The minimum atomic E-state index is -0.886. The van der Waals surface area contributed by atoms with Crippen molar-refractivity contribution in [3.8, 4) is 5.75 Å². The van der Waals surface area contributed by atoms with Crippen molar-refractivity contribution < 1.29 is 13.9 Å². The molecule has 0 heterocycles. The molecule has 0 spiro atoms. The van der Waals surface area contributed by atoms with Gasteiger partial charge in [0, 0.05) is 6.04 Å². The van der Waals surface area contributed by atoms with Gasteiger partial charge in [0.1, 0.15) is 5.75 Å². The van der Waals surface area contributed by atoms with E-state index in [0.29, 0.717) is 0 Å². The Bertz CT molecular complexity index is 540. The van der Waals surface area contributed by atoms with E-state index in [9.17, 15) is 13.9 Å². The first kappa shape index (κ1) is 12.4. The average molecular weight is 249 g/mol. The summed E-state index contributed by atoms with van der Waals surface area (Å²) in [6.07, 6.45) is 0. The van der Waals surface area contributed by atoms with Crippen LogP contribution in [0.15, 0.2) is 42.5 Å². The molecule has 2 nitrogen and oxygen atoms in total. The molecule has 2 N–H and O–H groups in total. The summed E-state index contributed by atoms with van der Waals surface area (Å²) in [4.78, 5) is 0. The van der Waals surface area contributed by atoms with Crippen molar-refractivity contribution in [2.75, 3.05) is 5.32 Å². The zero-order chi connectivity index (χ0) is 13.1. The lowest BCUT2D eigenvalue weighted by molar-refractivity contribution is 0.475. The molecular formula is C14H13F2NO. The molecule has 2 aromatic rings. The number of hydrogen-bond acceptors (Lipinski definition) is 2. The molecule has 94 valence electrons. The number of aromatic hydroxyl groups is 1. The van der Waals surface area contributed by atoms with Crippen LogP contribution < -0.4 is 5.32 Å². The molecule has 18 heavy (non-hydrogen) atoms. The summed E-state index contributed by atoms with van der Waals surface area (Å²) >= 11 is 0. The number of rotatable bonds is 3. The fourth-order valence-electron chi connectivity index (χ4n) is 1.69. The van der Waals surface area contributed by atoms with Crippen LogP contribution in [0.3, 0.4) is 0 Å². The van der Waals surface area contributed by atoms with Crippen molar-refractivity contribution in [3.63, 3.8) is 0 Å². The van der Waals surface area contributed by atoms with Gasteiger partial charge in [0.2, 0.25) is 0 Å². The number of hydrogen-bond donors (Lipinski definition) is 2. The van der Waals surface area contributed by atoms with Crippen LogP contribution in [-0.2, 0) is 0 Å². The molecule has 2 rings (SSSR count). The van der Waals surface area contributed by atoms with E-state index in [1.54, 1.807) is 24.3 Å². The Morgan fingerprint density at radius 2 is 1.72 bits per heavy atom. The van der Waals surface area contributed by atoms with E-state index < -0.39 is 11.6 Å². The summed E-state index contributed by atoms with van der Waals surface area (Å²) < 4.78 is 26.5. The Morgan fingerprint density at radius 1 is 1.06 bits per heavy atom. The van der Waals surface area contributed by atoms with Crippen LogP contribution >= 0.6 is 0 Å². The van der Waals surface area contributed by atoms with Crippen LogP contribution in [0, 0.1) is 11.6 Å². The van der Waals surface area contributed by atoms with Gasteiger partial charge in [0.25, 0.3) is 0 Å². The highest BCUT2D eigenvalue weighted by Gasteiger charge is 2.11. The smallest absolute Gasteiger partial charge is 0.181 e. The number of phenolic OH excluding ortho intramolecular Hbond substituents is 1. The molecule has 0 aromatic heterocycles. The van der Waals surface area contributed by atoms with Gasteiger partial charge < -0.3 is 10.4 Å². The molecule has 0 aliphatic heterocycles. The van der Waals surface area contributed by atoms with Gasteiger partial charge >= 0.3 is 0 Å². The summed E-state index contributed by atoms with van der Waals surface area (Å²) in [6.45, 7) is 1.83. The molecule has 2 aromatic carbocycles. The Balaban J connectivity index is 2.18. The summed E-state index contributed by atoms with van der Waals surface area (Å²) in [5, 5.41) is 12.1. The Hall–Kier alpha value is -2.10. The zero-order valence-corrected chi connectivity index (χ0v) is 9.82. The second kappa shape index (κ2) is 5.04. The van der Waals surface area contributed by atoms with Crippen LogP contribution in [0.25, 0.3) is 0 Å². The van der Waals surface area contributed by atoms with Gasteiger partial charge in [-0.15, -0.1) is 0 Å². The van der Waals surface area contributed by atoms with Gasteiger partial charge in [-0.1, -0.05) is 18.2 Å². The maximum atomic E-state index is 13.5. The Kier molecular flexibility index (Phi) is 3.46. The van der Waals surface area contributed by atoms with Crippen molar-refractivity contribution in [1.82, 2.24) is 0 Å². The number of anilines is 1. The standard InChI is InChI=1S/C14H13F2NO/c1-9(10-5-7-11(18)8-6-10)17-13-4-2-3-12(15)14(13)16/h2-9,17-18H,1H3. The second-order valence-corrected chi connectivity index (χ2v) is 4.06. The zero-order valence-electron chi connectivity index (χ0n) is 9.82. The van der Waals surface area contributed by atoms with E-state index >= 15 is 0 Å². The minimum absolute atomic E-state index is 0.121. The maximum absolute atomic E-state index is 13.5. The summed E-state index contributed by atoms with van der Waals surface area (Å²) in [5.41, 5.74) is 0.993. The molecule has 1 atom stereocenters. The molecule has 4 heteroatoms. The third-order valence-corrected chi connectivity index (χ3v) is 2.72. The SMILES string of the molecule is CC(Nc1cccc(F)c1F)c1ccc(O)cc1. The van der Waals surface area contributed by atoms with Gasteiger partial charge in [-0.2, -0.15) is 0 Å². The molecule has 0 saturated heterocycles. The maximum Gasteiger partial charge on any atom is 0.181 e. The topological polar surface area (TPSA) is 32.3 Å². The highest BCUT2D eigenvalue weighted by molar-refractivity contribution is 5.47. The van der Waals surface area contributed by atoms with Crippen molar-refractivity contribution in [1.29, 1.82) is 0 Å². The van der Waals surface area contributed by atoms with Crippen molar-refractivity contribution in [2.24, 2.45) is 0 Å². The van der Waals surface area contributed by atoms with Crippen molar-refractivity contribution in [2.45, 2.75) is 13.0 Å². The molecule has 0 aliphatic carbocycles. The van der Waals surface area contributed by atoms with E-state index in [-0.39, 0.29) is 17.5 Å². The predicted molar refractivity (Wildman–Crippen MR) is 66.5 cm³/mol. The van der Waals surface area contributed by atoms with Gasteiger partial charge in [0.15, 0.2) is 11.6 Å². The Labute approximate surface area is 104 Å². The second-order valence-electron chi connectivity index (χ2n) is 4.06. The largest absolute Gasteiger partial charge is 0.508 e. The minimum Gasteiger partial charge on any atom is -0.508 e. The van der Waals surface area contributed by atoms with E-state index in [0.717, 1.165) is 11.6 Å². The fourth-order valence-corrected chi connectivity index (χ4v) is 1.69. The molecule has 0 aliphatic rings. The van der Waals surface area contributed by atoms with E-state index in [1.165, 1.54) is 12.1 Å². The number of nitrogens with one attached hydrogen (secondary N) is 1. The fraction of sp³-hybridized carbons (Fsp3) is 0.143. The van der Waals surface area contributed by atoms with Gasteiger partial charge in [0.05, 0.1) is 5.69 Å². The molecule has 0 fully saturated rings. The lowest BCUT2D eigenvalue weighted by Gasteiger charge is -2.16. The molecule has 0 amide bonds. The molecule has 0 bridgehead atoms. The summed E-state index contributed by atoms with van der Waals surface area (Å²) in [5.74, 6) is -1.59. The molecule has 1 unspecified atom stereocenters. The van der Waals surface area contributed by atoms with E-state index in [4.69, 9.17) is 0 Å². The summed E-state index contributed by atoms with van der Waals surface area (Å²) in [7, 11) is 0. The van der Waals surface area contributed by atoms with Crippen molar-refractivity contribution in [3.05, 3.63) is 59.7 Å². The number of benzene rings is 2. The monoisotopic (exact) mass is 249 g/mol. The third kappa shape index (κ3) is 2.59. The van der Waals surface area contributed by atoms with Gasteiger partial charge in [-0.05, 0) is 36.8 Å². The average Bonchev–Trinajstić information content (AvgIpc) is 2.36. The lowest BCUT2D eigenvalue weighted by atomic mass is 10.1. The quantitative estimate of drug-likeness (QED) is 0.866. The highest BCUT2D eigenvalue weighted by Crippen LogP contribution is 2.24. The van der Waals surface area contributed by atoms with Crippen LogP contribution in [-0.4, -0.2) is 5.11 Å². The van der Waals surface area contributed by atoms with Crippen molar-refractivity contribution >= 4 is 5.69 Å². The molecular weight excluding hydrogens is 236 g/mol. The summed E-state index contributed by atoms with van der Waals surface area (Å²) in [6, 6.07) is 10.4. The molecule has 0 saturated carbocycles. The molecule has 0 radical (unpaired) electrons. The first-order chi connectivity index (χ1) is 8.58. The highest BCUT2D eigenvalue weighted by atomic mass is 19.2.